The van der Waals surface area contributed by atoms with Crippen molar-refractivity contribution in [1.82, 2.24) is 0 Å². The van der Waals surface area contributed by atoms with Gasteiger partial charge in [0.1, 0.15) is 0 Å². The molecule has 2 aromatic rings. The number of nitrogens with one attached hydrogen (secondary N) is 1. The third-order valence-electron chi connectivity index (χ3n) is 3.40. The zero-order valence-corrected chi connectivity index (χ0v) is 14.3. The lowest BCUT2D eigenvalue weighted by Crippen LogP contribution is -2.18. The minimum absolute atomic E-state index is 0.00355. The van der Waals surface area contributed by atoms with Crippen LogP contribution in [0, 0.1) is 6.92 Å². The maximum atomic E-state index is 12.2. The van der Waals surface area contributed by atoms with Gasteiger partial charge in [0, 0.05) is 5.69 Å². The normalized spacial score (nSPS) is 11.1. The van der Waals surface area contributed by atoms with Crippen molar-refractivity contribution in [2.75, 3.05) is 24.7 Å². The van der Waals surface area contributed by atoms with Crippen LogP contribution in [-0.4, -0.2) is 28.4 Å². The molecule has 0 bridgehead atoms. The lowest BCUT2D eigenvalue weighted by Gasteiger charge is -2.11. The van der Waals surface area contributed by atoms with Gasteiger partial charge in [-0.15, -0.1) is 0 Å². The highest BCUT2D eigenvalue weighted by atomic mass is 32.2. The third kappa shape index (κ3) is 4.89. The molecule has 5 nitrogen and oxygen atoms in total. The first-order valence-electron chi connectivity index (χ1n) is 7.21. The van der Waals surface area contributed by atoms with Gasteiger partial charge in [-0.2, -0.15) is 0 Å². The average Bonchev–Trinajstić information content (AvgIpc) is 2.52. The van der Waals surface area contributed by atoms with Gasteiger partial charge in [-0.1, -0.05) is 18.2 Å². The van der Waals surface area contributed by atoms with Crippen LogP contribution in [0.5, 0.6) is 11.5 Å². The summed E-state index contributed by atoms with van der Waals surface area (Å²) in [7, 11) is -0.290. The van der Waals surface area contributed by atoms with E-state index in [1.54, 1.807) is 38.5 Å². The fourth-order valence-corrected chi connectivity index (χ4v) is 3.32. The monoisotopic (exact) mass is 335 g/mol. The van der Waals surface area contributed by atoms with E-state index in [9.17, 15) is 8.42 Å². The van der Waals surface area contributed by atoms with E-state index in [0.717, 1.165) is 11.1 Å². The summed E-state index contributed by atoms with van der Waals surface area (Å²) in [6.07, 6.45) is 0.390. The van der Waals surface area contributed by atoms with Crippen molar-refractivity contribution in [3.63, 3.8) is 0 Å². The fourth-order valence-electron chi connectivity index (χ4n) is 2.23. The van der Waals surface area contributed by atoms with Crippen LogP contribution in [0.25, 0.3) is 0 Å². The molecule has 23 heavy (non-hydrogen) atoms. The summed E-state index contributed by atoms with van der Waals surface area (Å²) in [6, 6.07) is 12.7. The van der Waals surface area contributed by atoms with Crippen molar-refractivity contribution in [3.05, 3.63) is 53.6 Å². The molecule has 0 atom stereocenters. The molecule has 0 heterocycles. The lowest BCUT2D eigenvalue weighted by molar-refractivity contribution is 0.354. The third-order valence-corrected chi connectivity index (χ3v) is 4.69. The van der Waals surface area contributed by atoms with E-state index in [-0.39, 0.29) is 5.75 Å². The first-order chi connectivity index (χ1) is 10.9. The standard InChI is InChI=1S/C17H21NO4S/c1-13-5-4-6-15(11-13)18-23(19,20)10-9-14-7-8-16(21-2)17(12-14)22-3/h4-8,11-12,18H,9-10H2,1-3H3. The Bertz CT molecular complexity index is 772. The van der Waals surface area contributed by atoms with Crippen LogP contribution in [0.2, 0.25) is 0 Å². The van der Waals surface area contributed by atoms with Crippen LogP contribution >= 0.6 is 0 Å². The molecule has 2 rings (SSSR count). The quantitative estimate of drug-likeness (QED) is 0.845. The Kier molecular flexibility index (Phi) is 5.50. The summed E-state index contributed by atoms with van der Waals surface area (Å²) < 4.78 is 37.4. The molecule has 124 valence electrons. The topological polar surface area (TPSA) is 64.6 Å². The van der Waals surface area contributed by atoms with Gasteiger partial charge < -0.3 is 9.47 Å². The molecule has 0 aliphatic rings. The summed E-state index contributed by atoms with van der Waals surface area (Å²) in [5.74, 6) is 1.21. The van der Waals surface area contributed by atoms with Gasteiger partial charge in [-0.25, -0.2) is 8.42 Å². The second-order valence-corrected chi connectivity index (χ2v) is 7.07. The van der Waals surface area contributed by atoms with Gasteiger partial charge in [0.05, 0.1) is 20.0 Å². The van der Waals surface area contributed by atoms with E-state index in [4.69, 9.17) is 9.47 Å². The first kappa shape index (κ1) is 17.1. The number of sulfonamides is 1. The van der Waals surface area contributed by atoms with Gasteiger partial charge in [0.25, 0.3) is 0 Å². The van der Waals surface area contributed by atoms with Crippen molar-refractivity contribution >= 4 is 15.7 Å². The molecule has 0 aromatic heterocycles. The SMILES string of the molecule is COc1ccc(CCS(=O)(=O)Nc2cccc(C)c2)cc1OC. The van der Waals surface area contributed by atoms with E-state index in [1.807, 2.05) is 25.1 Å². The number of hydrogen-bond donors (Lipinski definition) is 1. The van der Waals surface area contributed by atoms with E-state index in [1.165, 1.54) is 0 Å². The second kappa shape index (κ2) is 7.37. The molecule has 0 aliphatic carbocycles. The summed E-state index contributed by atoms with van der Waals surface area (Å²) in [5.41, 5.74) is 2.46. The molecule has 0 saturated heterocycles. The average molecular weight is 335 g/mol. The van der Waals surface area contributed by atoms with Crippen molar-refractivity contribution in [3.8, 4) is 11.5 Å². The Labute approximate surface area is 137 Å². The molecule has 1 N–H and O–H groups in total. The van der Waals surface area contributed by atoms with E-state index in [0.29, 0.717) is 23.6 Å². The molecule has 0 unspecified atom stereocenters. The van der Waals surface area contributed by atoms with Gasteiger partial charge in [0.2, 0.25) is 10.0 Å². The van der Waals surface area contributed by atoms with E-state index >= 15 is 0 Å². The lowest BCUT2D eigenvalue weighted by atomic mass is 10.1. The smallest absolute Gasteiger partial charge is 0.233 e. The van der Waals surface area contributed by atoms with Gasteiger partial charge in [-0.3, -0.25) is 4.72 Å². The van der Waals surface area contributed by atoms with Crippen LogP contribution in [0.1, 0.15) is 11.1 Å². The number of methoxy groups -OCH3 is 2. The molecule has 0 amide bonds. The zero-order valence-electron chi connectivity index (χ0n) is 13.5. The summed E-state index contributed by atoms with van der Waals surface area (Å²) >= 11 is 0. The Morgan fingerprint density at radius 1 is 1.00 bits per heavy atom. The molecule has 0 aliphatic heterocycles. The van der Waals surface area contributed by atoms with Gasteiger partial charge >= 0.3 is 0 Å². The molecule has 0 radical (unpaired) electrons. The molecular weight excluding hydrogens is 314 g/mol. The Balaban J connectivity index is 2.04. The fraction of sp³-hybridized carbons (Fsp3) is 0.294. The number of aryl methyl sites for hydroxylation is 2. The van der Waals surface area contributed by atoms with Crippen LogP contribution in [-0.2, 0) is 16.4 Å². The number of anilines is 1. The minimum Gasteiger partial charge on any atom is -0.493 e. The zero-order chi connectivity index (χ0) is 16.9. The van der Waals surface area contributed by atoms with Gasteiger partial charge in [-0.05, 0) is 48.7 Å². The Hall–Kier alpha value is -2.21. The minimum atomic E-state index is -3.41. The summed E-state index contributed by atoms with van der Waals surface area (Å²) in [6.45, 7) is 1.92. The predicted molar refractivity (Wildman–Crippen MR) is 91.8 cm³/mol. The molecule has 6 heteroatoms. The number of ether oxygens (including phenoxy) is 2. The first-order valence-corrected chi connectivity index (χ1v) is 8.87. The van der Waals surface area contributed by atoms with Crippen LogP contribution < -0.4 is 14.2 Å². The molecular formula is C17H21NO4S. The van der Waals surface area contributed by atoms with Crippen LogP contribution in [0.4, 0.5) is 5.69 Å². The highest BCUT2D eigenvalue weighted by Crippen LogP contribution is 2.27. The predicted octanol–water partition coefficient (Wildman–Crippen LogP) is 3.00. The van der Waals surface area contributed by atoms with Crippen molar-refractivity contribution < 1.29 is 17.9 Å². The van der Waals surface area contributed by atoms with Crippen LogP contribution in [0.3, 0.4) is 0 Å². The van der Waals surface area contributed by atoms with Crippen LogP contribution in [0.15, 0.2) is 42.5 Å². The number of benzene rings is 2. The van der Waals surface area contributed by atoms with Gasteiger partial charge in [0.15, 0.2) is 11.5 Å². The molecule has 2 aromatic carbocycles. The second-order valence-electron chi connectivity index (χ2n) is 5.23. The largest absolute Gasteiger partial charge is 0.493 e. The maximum Gasteiger partial charge on any atom is 0.233 e. The van der Waals surface area contributed by atoms with Crippen molar-refractivity contribution in [1.29, 1.82) is 0 Å². The number of rotatable bonds is 7. The Morgan fingerprint density at radius 3 is 2.39 bits per heavy atom. The highest BCUT2D eigenvalue weighted by molar-refractivity contribution is 7.92. The van der Waals surface area contributed by atoms with Crippen molar-refractivity contribution in [2.24, 2.45) is 0 Å². The molecule has 0 spiro atoms. The van der Waals surface area contributed by atoms with E-state index < -0.39 is 10.0 Å². The number of hydrogen-bond acceptors (Lipinski definition) is 4. The van der Waals surface area contributed by atoms with E-state index in [2.05, 4.69) is 4.72 Å². The Morgan fingerprint density at radius 2 is 1.74 bits per heavy atom. The molecule has 0 fully saturated rings. The highest BCUT2D eigenvalue weighted by Gasteiger charge is 2.12. The summed E-state index contributed by atoms with van der Waals surface area (Å²) in [4.78, 5) is 0. The molecule has 0 saturated carbocycles. The van der Waals surface area contributed by atoms with Crippen molar-refractivity contribution in [2.45, 2.75) is 13.3 Å². The maximum absolute atomic E-state index is 12.2. The summed E-state index contributed by atoms with van der Waals surface area (Å²) in [5, 5.41) is 0.